The molecule has 0 aliphatic rings. The van der Waals surface area contributed by atoms with E-state index < -0.39 is 0 Å². The maximum absolute atomic E-state index is 5.48. The van der Waals surface area contributed by atoms with Crippen LogP contribution in [0.15, 0.2) is 43.0 Å². The molecular formula is C10H13NO. The molecule has 2 N–H and O–H groups in total. The topological polar surface area (TPSA) is 35.2 Å². The molecule has 0 aliphatic carbocycles. The summed E-state index contributed by atoms with van der Waals surface area (Å²) in [5.41, 5.74) is 6.60. The second-order valence-corrected chi connectivity index (χ2v) is 2.50. The van der Waals surface area contributed by atoms with Crippen molar-refractivity contribution >= 4 is 0 Å². The van der Waals surface area contributed by atoms with Crippen molar-refractivity contribution in [1.29, 1.82) is 0 Å². The Morgan fingerprint density at radius 3 is 2.67 bits per heavy atom. The van der Waals surface area contributed by atoms with Crippen LogP contribution in [0, 0.1) is 0 Å². The van der Waals surface area contributed by atoms with Gasteiger partial charge in [-0.3, -0.25) is 0 Å². The largest absolute Gasteiger partial charge is 0.355 e. The summed E-state index contributed by atoms with van der Waals surface area (Å²) in [6, 6.07) is 9.90. The molecule has 1 aromatic rings. The molecule has 0 fully saturated rings. The van der Waals surface area contributed by atoms with Gasteiger partial charge in [0.05, 0.1) is 6.61 Å². The van der Waals surface area contributed by atoms with Gasteiger partial charge in [-0.05, 0) is 11.6 Å². The SMILES string of the molecule is C=CC(N)OCc1ccccc1. The highest BCUT2D eigenvalue weighted by atomic mass is 16.5. The molecule has 1 rings (SSSR count). The van der Waals surface area contributed by atoms with Crippen LogP contribution in [0.2, 0.25) is 0 Å². The van der Waals surface area contributed by atoms with E-state index in [2.05, 4.69) is 6.58 Å². The van der Waals surface area contributed by atoms with E-state index in [1.54, 1.807) is 6.08 Å². The number of hydrogen-bond donors (Lipinski definition) is 1. The third-order valence-electron chi connectivity index (χ3n) is 1.52. The number of hydrogen-bond acceptors (Lipinski definition) is 2. The minimum atomic E-state index is -0.370. The van der Waals surface area contributed by atoms with Gasteiger partial charge >= 0.3 is 0 Å². The first-order valence-electron chi connectivity index (χ1n) is 3.86. The summed E-state index contributed by atoms with van der Waals surface area (Å²) in [6.07, 6.45) is 1.20. The number of nitrogens with two attached hydrogens (primary N) is 1. The van der Waals surface area contributed by atoms with Crippen molar-refractivity contribution in [2.24, 2.45) is 5.73 Å². The predicted octanol–water partition coefficient (Wildman–Crippen LogP) is 1.67. The van der Waals surface area contributed by atoms with E-state index in [1.807, 2.05) is 30.3 Å². The Kier molecular flexibility index (Phi) is 3.51. The van der Waals surface area contributed by atoms with Gasteiger partial charge in [-0.2, -0.15) is 0 Å². The van der Waals surface area contributed by atoms with Gasteiger partial charge in [-0.1, -0.05) is 36.9 Å². The molecule has 0 radical (unpaired) electrons. The molecule has 12 heavy (non-hydrogen) atoms. The van der Waals surface area contributed by atoms with Crippen molar-refractivity contribution in [3.05, 3.63) is 48.6 Å². The van der Waals surface area contributed by atoms with E-state index in [9.17, 15) is 0 Å². The molecule has 0 heterocycles. The molecule has 0 amide bonds. The normalized spacial score (nSPS) is 12.4. The lowest BCUT2D eigenvalue weighted by atomic mass is 10.2. The molecule has 0 saturated heterocycles. The molecule has 0 saturated carbocycles. The Hall–Kier alpha value is -1.12. The Morgan fingerprint density at radius 2 is 2.08 bits per heavy atom. The number of benzene rings is 1. The molecule has 0 aliphatic heterocycles. The lowest BCUT2D eigenvalue weighted by molar-refractivity contribution is 0.0766. The summed E-state index contributed by atoms with van der Waals surface area (Å²) < 4.78 is 5.24. The van der Waals surface area contributed by atoms with Crippen LogP contribution < -0.4 is 5.73 Å². The fourth-order valence-corrected chi connectivity index (χ4v) is 0.835. The number of ether oxygens (including phenoxy) is 1. The zero-order chi connectivity index (χ0) is 8.81. The Labute approximate surface area is 72.7 Å². The zero-order valence-electron chi connectivity index (χ0n) is 6.94. The van der Waals surface area contributed by atoms with Crippen molar-refractivity contribution < 1.29 is 4.74 Å². The van der Waals surface area contributed by atoms with Crippen molar-refractivity contribution in [2.75, 3.05) is 0 Å². The Bertz CT molecular complexity index is 233. The van der Waals surface area contributed by atoms with E-state index >= 15 is 0 Å². The quantitative estimate of drug-likeness (QED) is 0.541. The highest BCUT2D eigenvalue weighted by Gasteiger charge is 1.95. The third-order valence-corrected chi connectivity index (χ3v) is 1.52. The molecule has 1 aromatic carbocycles. The fraction of sp³-hybridized carbons (Fsp3) is 0.200. The molecular weight excluding hydrogens is 150 g/mol. The molecule has 2 heteroatoms. The first-order valence-corrected chi connectivity index (χ1v) is 3.86. The second-order valence-electron chi connectivity index (χ2n) is 2.50. The smallest absolute Gasteiger partial charge is 0.125 e. The molecule has 0 spiro atoms. The zero-order valence-corrected chi connectivity index (χ0v) is 6.94. The van der Waals surface area contributed by atoms with Gasteiger partial charge < -0.3 is 10.5 Å². The number of rotatable bonds is 4. The summed E-state index contributed by atoms with van der Waals surface area (Å²) in [5, 5.41) is 0. The van der Waals surface area contributed by atoms with Crippen LogP contribution in [0.4, 0.5) is 0 Å². The summed E-state index contributed by atoms with van der Waals surface area (Å²) in [5.74, 6) is 0. The minimum Gasteiger partial charge on any atom is -0.355 e. The van der Waals surface area contributed by atoms with Crippen molar-refractivity contribution in [1.82, 2.24) is 0 Å². The van der Waals surface area contributed by atoms with Crippen LogP contribution in [-0.4, -0.2) is 6.23 Å². The van der Waals surface area contributed by atoms with Gasteiger partial charge in [0.2, 0.25) is 0 Å². The molecule has 0 aromatic heterocycles. The van der Waals surface area contributed by atoms with Crippen molar-refractivity contribution in [2.45, 2.75) is 12.8 Å². The standard InChI is InChI=1S/C10H13NO/c1-2-10(11)12-8-9-6-4-3-5-7-9/h2-7,10H,1,8,11H2. The Morgan fingerprint density at radius 1 is 1.42 bits per heavy atom. The first-order chi connectivity index (χ1) is 5.83. The molecule has 1 atom stereocenters. The molecule has 2 nitrogen and oxygen atoms in total. The Balaban J connectivity index is 2.38. The predicted molar refractivity (Wildman–Crippen MR) is 49.4 cm³/mol. The fourth-order valence-electron chi connectivity index (χ4n) is 0.835. The summed E-state index contributed by atoms with van der Waals surface area (Å²) >= 11 is 0. The van der Waals surface area contributed by atoms with Crippen molar-refractivity contribution in [3.63, 3.8) is 0 Å². The van der Waals surface area contributed by atoms with E-state index in [0.29, 0.717) is 6.61 Å². The van der Waals surface area contributed by atoms with Gasteiger partial charge in [0.25, 0.3) is 0 Å². The van der Waals surface area contributed by atoms with Gasteiger partial charge in [-0.15, -0.1) is 0 Å². The monoisotopic (exact) mass is 163 g/mol. The summed E-state index contributed by atoms with van der Waals surface area (Å²) in [7, 11) is 0. The van der Waals surface area contributed by atoms with Crippen LogP contribution >= 0.6 is 0 Å². The van der Waals surface area contributed by atoms with Gasteiger partial charge in [0, 0.05) is 0 Å². The molecule has 64 valence electrons. The third kappa shape index (κ3) is 2.86. The van der Waals surface area contributed by atoms with Crippen LogP contribution in [-0.2, 0) is 11.3 Å². The first kappa shape index (κ1) is 8.97. The van der Waals surface area contributed by atoms with E-state index in [1.165, 1.54) is 0 Å². The maximum atomic E-state index is 5.48. The van der Waals surface area contributed by atoms with E-state index in [4.69, 9.17) is 10.5 Å². The van der Waals surface area contributed by atoms with E-state index in [-0.39, 0.29) is 6.23 Å². The van der Waals surface area contributed by atoms with Crippen LogP contribution in [0.1, 0.15) is 5.56 Å². The minimum absolute atomic E-state index is 0.370. The highest BCUT2D eigenvalue weighted by molar-refractivity contribution is 5.13. The lowest BCUT2D eigenvalue weighted by Crippen LogP contribution is -2.20. The highest BCUT2D eigenvalue weighted by Crippen LogP contribution is 2.01. The van der Waals surface area contributed by atoms with Crippen LogP contribution in [0.25, 0.3) is 0 Å². The average Bonchev–Trinajstić information content (AvgIpc) is 2.16. The summed E-state index contributed by atoms with van der Waals surface area (Å²) in [4.78, 5) is 0. The molecule has 0 bridgehead atoms. The van der Waals surface area contributed by atoms with Gasteiger partial charge in [0.1, 0.15) is 6.23 Å². The van der Waals surface area contributed by atoms with E-state index in [0.717, 1.165) is 5.56 Å². The van der Waals surface area contributed by atoms with Crippen LogP contribution in [0.3, 0.4) is 0 Å². The van der Waals surface area contributed by atoms with Gasteiger partial charge in [-0.25, -0.2) is 0 Å². The van der Waals surface area contributed by atoms with Crippen molar-refractivity contribution in [3.8, 4) is 0 Å². The van der Waals surface area contributed by atoms with Gasteiger partial charge in [0.15, 0.2) is 0 Å². The van der Waals surface area contributed by atoms with Crippen LogP contribution in [0.5, 0.6) is 0 Å². The summed E-state index contributed by atoms with van der Waals surface area (Å²) in [6.45, 7) is 4.06. The molecule has 1 unspecified atom stereocenters. The average molecular weight is 163 g/mol. The maximum Gasteiger partial charge on any atom is 0.125 e. The lowest BCUT2D eigenvalue weighted by Gasteiger charge is -2.07. The second kappa shape index (κ2) is 4.70.